The summed E-state index contributed by atoms with van der Waals surface area (Å²) < 4.78 is 96.2. The van der Waals surface area contributed by atoms with Gasteiger partial charge in [-0.25, -0.2) is 27.9 Å². The summed E-state index contributed by atoms with van der Waals surface area (Å²) in [5.74, 6) is -15.8. The van der Waals surface area contributed by atoms with Crippen molar-refractivity contribution < 1.29 is 50.1 Å². The van der Waals surface area contributed by atoms with Gasteiger partial charge in [0, 0.05) is 0 Å². The first-order chi connectivity index (χ1) is 14.6. The molecule has 0 bridgehead atoms. The van der Waals surface area contributed by atoms with Crippen molar-refractivity contribution in [3.63, 3.8) is 0 Å². The molecule has 0 saturated carbocycles. The highest BCUT2D eigenvalue weighted by Gasteiger charge is 2.38. The van der Waals surface area contributed by atoms with Crippen molar-refractivity contribution in [2.24, 2.45) is 0 Å². The summed E-state index contributed by atoms with van der Waals surface area (Å²) in [5.41, 5.74) is 0. The summed E-state index contributed by atoms with van der Waals surface area (Å²) in [6.45, 7) is 8.32. The van der Waals surface area contributed by atoms with Crippen molar-refractivity contribution in [3.8, 4) is 5.75 Å². The maximum absolute atomic E-state index is 14.1. The number of hydrogen-bond acceptors (Lipinski definition) is 6. The highest BCUT2D eigenvalue weighted by atomic mass is 31.2. The Hall–Kier alpha value is -2.24. The maximum Gasteiger partial charge on any atom is 0.392 e. The number of halogens is 5. The van der Waals surface area contributed by atoms with Gasteiger partial charge in [-0.2, -0.15) is 8.78 Å². The molecule has 0 spiro atoms. The number of benzene rings is 1. The van der Waals surface area contributed by atoms with Gasteiger partial charge in [0.05, 0.1) is 12.2 Å². The lowest BCUT2D eigenvalue weighted by molar-refractivity contribution is -0.149. The van der Waals surface area contributed by atoms with Crippen LogP contribution in [0.3, 0.4) is 0 Å². The van der Waals surface area contributed by atoms with E-state index in [1.807, 2.05) is 0 Å². The molecule has 1 rings (SSSR count). The van der Waals surface area contributed by atoms with E-state index in [4.69, 9.17) is 9.47 Å². The van der Waals surface area contributed by atoms with Gasteiger partial charge in [-0.15, -0.1) is 0 Å². The summed E-state index contributed by atoms with van der Waals surface area (Å²) in [6, 6.07) is -2.91. The quantitative estimate of drug-likeness (QED) is 0.168. The van der Waals surface area contributed by atoms with Crippen LogP contribution in [0.5, 0.6) is 5.75 Å². The summed E-state index contributed by atoms with van der Waals surface area (Å²) in [7, 11) is -4.89. The lowest BCUT2D eigenvalue weighted by Gasteiger charge is -2.27. The highest BCUT2D eigenvalue weighted by molar-refractivity contribution is 7.55. The van der Waals surface area contributed by atoms with Crippen LogP contribution < -0.4 is 14.7 Å². The van der Waals surface area contributed by atoms with Gasteiger partial charge in [-0.05, 0) is 41.5 Å². The fourth-order valence-electron chi connectivity index (χ4n) is 2.17. The Morgan fingerprint density at radius 2 is 1.00 bits per heavy atom. The van der Waals surface area contributed by atoms with Crippen LogP contribution in [0, 0.1) is 29.1 Å². The number of nitrogens with one attached hydrogen (secondary N) is 2. The topological polar surface area (TPSA) is 103 Å². The van der Waals surface area contributed by atoms with Crippen molar-refractivity contribution in [1.82, 2.24) is 10.2 Å². The van der Waals surface area contributed by atoms with E-state index in [0.717, 1.165) is 13.8 Å². The molecule has 0 radical (unpaired) electrons. The predicted octanol–water partition coefficient (Wildman–Crippen LogP) is 3.73. The fourth-order valence-corrected chi connectivity index (χ4v) is 4.00. The second kappa shape index (κ2) is 11.1. The van der Waals surface area contributed by atoms with Crippen LogP contribution >= 0.6 is 7.67 Å². The minimum absolute atomic E-state index is 0.588. The van der Waals surface area contributed by atoms with Crippen LogP contribution in [0.15, 0.2) is 0 Å². The second-order valence-corrected chi connectivity index (χ2v) is 9.02. The van der Waals surface area contributed by atoms with Crippen LogP contribution in [-0.2, 0) is 23.6 Å². The molecule has 2 atom stereocenters. The lowest BCUT2D eigenvalue weighted by Crippen LogP contribution is -2.44. The zero-order valence-corrected chi connectivity index (χ0v) is 19.0. The molecule has 0 heterocycles. The number of hydrogen-bond donors (Lipinski definition) is 2. The van der Waals surface area contributed by atoms with E-state index in [9.17, 15) is 36.1 Å². The Morgan fingerprint density at radius 1 is 0.688 bits per heavy atom. The molecule has 0 fully saturated rings. The first kappa shape index (κ1) is 27.8. The minimum atomic E-state index is -4.89. The summed E-state index contributed by atoms with van der Waals surface area (Å²) in [4.78, 5) is 24.1. The van der Waals surface area contributed by atoms with E-state index in [1.54, 1.807) is 0 Å². The molecular weight excluding hydrogens is 466 g/mol. The van der Waals surface area contributed by atoms with Crippen LogP contribution in [0.2, 0.25) is 0 Å². The van der Waals surface area contributed by atoms with Crippen LogP contribution in [0.4, 0.5) is 22.0 Å². The molecule has 0 aliphatic carbocycles. The monoisotopic (exact) mass is 490 g/mol. The van der Waals surface area contributed by atoms with Gasteiger partial charge in [0.1, 0.15) is 12.1 Å². The lowest BCUT2D eigenvalue weighted by atomic mass is 10.3. The van der Waals surface area contributed by atoms with Crippen LogP contribution in [0.1, 0.15) is 41.5 Å². The molecular formula is C18H24F5N2O6P. The van der Waals surface area contributed by atoms with E-state index < -0.39 is 78.7 Å². The van der Waals surface area contributed by atoms with Gasteiger partial charge in [0.15, 0.2) is 0 Å². The predicted molar refractivity (Wildman–Crippen MR) is 102 cm³/mol. The summed E-state index contributed by atoms with van der Waals surface area (Å²) in [6.07, 6.45) is -1.18. The molecule has 2 N–H and O–H groups in total. The normalized spacial score (nSPS) is 15.3. The van der Waals surface area contributed by atoms with Crippen LogP contribution in [-0.4, -0.2) is 36.2 Å². The average molecular weight is 490 g/mol. The van der Waals surface area contributed by atoms with Gasteiger partial charge in [-0.3, -0.25) is 9.59 Å². The molecule has 0 amide bonds. The van der Waals surface area contributed by atoms with E-state index in [2.05, 4.69) is 14.7 Å². The number of carbonyl (C=O) groups excluding carboxylic acids is 2. The molecule has 32 heavy (non-hydrogen) atoms. The fraction of sp³-hybridized carbons (Fsp3) is 0.556. The molecule has 0 saturated heterocycles. The Morgan fingerprint density at radius 3 is 1.31 bits per heavy atom. The smallest absolute Gasteiger partial charge is 0.392 e. The molecule has 8 nitrogen and oxygen atoms in total. The van der Waals surface area contributed by atoms with Crippen LogP contribution in [0.25, 0.3) is 0 Å². The van der Waals surface area contributed by atoms with Gasteiger partial charge in [-0.1, -0.05) is 0 Å². The molecule has 0 aromatic heterocycles. The first-order valence-corrected chi connectivity index (χ1v) is 11.0. The standard InChI is InChI=1S/C18H24F5N2O6P/c1-7(2)29-17(26)9(5)24-32(28,25-10(6)18(27)30-8(3)4)31-16-14(22)12(20)11(19)13(21)15(16)23/h7-10H,1-6H3,(H2,24,25,28). The van der Waals surface area contributed by atoms with Gasteiger partial charge in [0.25, 0.3) is 0 Å². The van der Waals surface area contributed by atoms with Crippen molar-refractivity contribution in [2.75, 3.05) is 0 Å². The first-order valence-electron chi connectivity index (χ1n) is 9.37. The van der Waals surface area contributed by atoms with Gasteiger partial charge >= 0.3 is 19.6 Å². The van der Waals surface area contributed by atoms with Gasteiger partial charge in [0.2, 0.25) is 34.8 Å². The molecule has 1 aromatic rings. The third-order valence-corrected chi connectivity index (χ3v) is 5.42. The van der Waals surface area contributed by atoms with Crippen molar-refractivity contribution in [3.05, 3.63) is 29.1 Å². The zero-order valence-electron chi connectivity index (χ0n) is 18.1. The average Bonchev–Trinajstić information content (AvgIpc) is 2.67. The van der Waals surface area contributed by atoms with E-state index >= 15 is 0 Å². The molecule has 14 heteroatoms. The maximum atomic E-state index is 14.1. The van der Waals surface area contributed by atoms with E-state index in [-0.39, 0.29) is 0 Å². The highest BCUT2D eigenvalue weighted by Crippen LogP contribution is 2.43. The SMILES string of the molecule is CC(C)OC(=O)C(C)NP(=O)(NC(C)C(=O)OC(C)C)Oc1c(F)c(F)c(F)c(F)c1F. The van der Waals surface area contributed by atoms with Crippen molar-refractivity contribution in [2.45, 2.75) is 65.8 Å². The number of carbonyl (C=O) groups is 2. The third kappa shape index (κ3) is 7.14. The summed E-state index contributed by atoms with van der Waals surface area (Å²) >= 11 is 0. The minimum Gasteiger partial charge on any atom is -0.462 e. The molecule has 1 aromatic carbocycles. The molecule has 0 aliphatic rings. The van der Waals surface area contributed by atoms with E-state index in [0.29, 0.717) is 0 Å². The summed E-state index contributed by atoms with van der Waals surface area (Å²) in [5, 5.41) is 4.12. The molecule has 2 unspecified atom stereocenters. The Balaban J connectivity index is 3.36. The number of rotatable bonds is 10. The van der Waals surface area contributed by atoms with Crippen molar-refractivity contribution in [1.29, 1.82) is 0 Å². The second-order valence-electron chi connectivity index (χ2n) is 7.21. The van der Waals surface area contributed by atoms with E-state index in [1.165, 1.54) is 27.7 Å². The Kier molecular flexibility index (Phi) is 9.61. The number of esters is 2. The number of ether oxygens (including phenoxy) is 2. The third-order valence-electron chi connectivity index (χ3n) is 3.53. The largest absolute Gasteiger partial charge is 0.462 e. The van der Waals surface area contributed by atoms with Gasteiger partial charge < -0.3 is 14.0 Å². The Bertz CT molecular complexity index is 851. The molecule has 0 aliphatic heterocycles. The Labute approximate surface area is 181 Å². The zero-order chi connectivity index (χ0) is 25.0. The molecule has 182 valence electrons. The van der Waals surface area contributed by atoms with Crippen molar-refractivity contribution >= 4 is 19.6 Å².